The summed E-state index contributed by atoms with van der Waals surface area (Å²) in [6.07, 6.45) is 1.30. The van der Waals surface area contributed by atoms with Crippen molar-refractivity contribution in [2.24, 2.45) is 0 Å². The molecule has 0 saturated heterocycles. The van der Waals surface area contributed by atoms with Gasteiger partial charge < -0.3 is 10.4 Å². The van der Waals surface area contributed by atoms with E-state index in [2.05, 4.69) is 19.9 Å². The molecule has 2 aromatic heterocycles. The van der Waals surface area contributed by atoms with Crippen molar-refractivity contribution in [3.05, 3.63) is 35.0 Å². The number of nitrogens with one attached hydrogen (secondary N) is 1. The van der Waals surface area contributed by atoms with Crippen molar-refractivity contribution >= 4 is 29.2 Å². The lowest BCUT2D eigenvalue weighted by molar-refractivity contribution is 0.0696. The fourth-order valence-corrected chi connectivity index (χ4v) is 1.51. The Morgan fingerprint density at radius 2 is 2.24 bits per heavy atom. The quantitative estimate of drug-likeness (QED) is 0.837. The largest absolute Gasteiger partial charge is 0.478 e. The molecule has 0 unspecified atom stereocenters. The number of aromatic carboxylic acids is 1. The highest BCUT2D eigenvalue weighted by Gasteiger charge is 2.11. The van der Waals surface area contributed by atoms with Gasteiger partial charge in [0.05, 0.1) is 5.56 Å². The Labute approximate surface area is 99.3 Å². The first-order valence-electron chi connectivity index (χ1n) is 4.44. The van der Waals surface area contributed by atoms with E-state index < -0.39 is 11.9 Å². The Bertz CT molecular complexity index is 555. The van der Waals surface area contributed by atoms with Crippen molar-refractivity contribution in [2.45, 2.75) is 0 Å². The molecule has 0 aromatic carbocycles. The predicted molar refractivity (Wildman–Crippen MR) is 59.1 cm³/mol. The Morgan fingerprint density at radius 3 is 2.88 bits per heavy atom. The number of hydrogen-bond donors (Lipinski definition) is 2. The molecule has 0 aliphatic heterocycles. The van der Waals surface area contributed by atoms with Crippen LogP contribution < -0.4 is 5.32 Å². The lowest BCUT2D eigenvalue weighted by atomic mass is 10.2. The summed E-state index contributed by atoms with van der Waals surface area (Å²) in [6.45, 7) is 0. The van der Waals surface area contributed by atoms with Crippen LogP contribution in [0.2, 0.25) is 0 Å². The van der Waals surface area contributed by atoms with Gasteiger partial charge in [-0.25, -0.2) is 9.78 Å². The summed E-state index contributed by atoms with van der Waals surface area (Å²) >= 11 is 1.05. The van der Waals surface area contributed by atoms with Gasteiger partial charge in [0.25, 0.3) is 5.91 Å². The maximum absolute atomic E-state index is 11.6. The second-order valence-corrected chi connectivity index (χ2v) is 3.59. The third kappa shape index (κ3) is 2.61. The van der Waals surface area contributed by atoms with Gasteiger partial charge in [0.1, 0.15) is 5.82 Å². The lowest BCUT2D eigenvalue weighted by Crippen LogP contribution is -2.14. The molecular weight excluding hydrogens is 244 g/mol. The highest BCUT2D eigenvalue weighted by molar-refractivity contribution is 7.03. The molecule has 17 heavy (non-hydrogen) atoms. The van der Waals surface area contributed by atoms with Crippen LogP contribution in [0.15, 0.2) is 23.7 Å². The van der Waals surface area contributed by atoms with E-state index in [0.717, 1.165) is 11.5 Å². The number of aromatic nitrogens is 3. The van der Waals surface area contributed by atoms with Crippen LogP contribution in [0, 0.1) is 0 Å². The third-order valence-corrected chi connectivity index (χ3v) is 2.35. The van der Waals surface area contributed by atoms with Crippen molar-refractivity contribution in [3.8, 4) is 0 Å². The molecule has 0 aliphatic carbocycles. The number of rotatable bonds is 3. The number of carboxylic acid groups (broad SMARTS) is 1. The van der Waals surface area contributed by atoms with E-state index in [9.17, 15) is 9.59 Å². The molecule has 0 aliphatic rings. The van der Waals surface area contributed by atoms with E-state index >= 15 is 0 Å². The van der Waals surface area contributed by atoms with Gasteiger partial charge in [0.2, 0.25) is 0 Å². The zero-order chi connectivity index (χ0) is 12.3. The Balaban J connectivity index is 2.16. The fourth-order valence-electron chi connectivity index (χ4n) is 1.08. The number of carboxylic acids is 1. The van der Waals surface area contributed by atoms with E-state index in [-0.39, 0.29) is 17.1 Å². The van der Waals surface area contributed by atoms with Gasteiger partial charge in [-0.05, 0) is 23.7 Å². The van der Waals surface area contributed by atoms with Gasteiger partial charge in [0.15, 0.2) is 5.69 Å². The molecule has 2 rings (SSSR count). The maximum atomic E-state index is 11.6. The number of pyridine rings is 1. The molecule has 7 nitrogen and oxygen atoms in total. The first-order chi connectivity index (χ1) is 8.16. The van der Waals surface area contributed by atoms with E-state index in [1.54, 1.807) is 0 Å². The molecule has 2 N–H and O–H groups in total. The molecule has 1 amide bonds. The summed E-state index contributed by atoms with van der Waals surface area (Å²) in [5.41, 5.74) is 0.212. The van der Waals surface area contributed by atoms with Gasteiger partial charge in [-0.15, -0.1) is 5.10 Å². The summed E-state index contributed by atoms with van der Waals surface area (Å²) in [7, 11) is 0. The van der Waals surface area contributed by atoms with Crippen molar-refractivity contribution in [1.82, 2.24) is 14.6 Å². The molecule has 0 atom stereocenters. The van der Waals surface area contributed by atoms with E-state index in [1.165, 1.54) is 23.7 Å². The lowest BCUT2D eigenvalue weighted by Gasteiger charge is -2.02. The van der Waals surface area contributed by atoms with Crippen LogP contribution in [0.25, 0.3) is 0 Å². The maximum Gasteiger partial charge on any atom is 0.335 e. The zero-order valence-electron chi connectivity index (χ0n) is 8.32. The summed E-state index contributed by atoms with van der Waals surface area (Å²) in [5, 5.41) is 16.3. The Morgan fingerprint density at radius 1 is 1.41 bits per heavy atom. The van der Waals surface area contributed by atoms with Gasteiger partial charge >= 0.3 is 5.97 Å². The standard InChI is InChI=1S/C9H6N4O3S/c14-8(6-4-17-13-12-6)11-7-3-5(9(15)16)1-2-10-7/h1-4H,(H,15,16)(H,10,11,14). The minimum absolute atomic E-state index is 0.0479. The average molecular weight is 250 g/mol. The summed E-state index contributed by atoms with van der Waals surface area (Å²) in [6, 6.07) is 2.60. The number of carbonyl (C=O) groups is 2. The molecule has 0 radical (unpaired) electrons. The molecule has 0 fully saturated rings. The van der Waals surface area contributed by atoms with Gasteiger partial charge in [-0.3, -0.25) is 4.79 Å². The molecule has 2 aromatic rings. The predicted octanol–water partition coefficient (Wildman–Crippen LogP) is 0.884. The average Bonchev–Trinajstić information content (AvgIpc) is 2.82. The highest BCUT2D eigenvalue weighted by Crippen LogP contribution is 2.08. The van der Waals surface area contributed by atoms with Gasteiger partial charge in [-0.1, -0.05) is 4.49 Å². The fraction of sp³-hybridized carbons (Fsp3) is 0. The zero-order valence-corrected chi connectivity index (χ0v) is 9.14. The first-order valence-corrected chi connectivity index (χ1v) is 5.28. The number of anilines is 1. The second-order valence-electron chi connectivity index (χ2n) is 2.98. The van der Waals surface area contributed by atoms with Crippen LogP contribution in [0.1, 0.15) is 20.8 Å². The molecule has 0 spiro atoms. The molecule has 2 heterocycles. The van der Waals surface area contributed by atoms with Crippen LogP contribution in [0.5, 0.6) is 0 Å². The summed E-state index contributed by atoms with van der Waals surface area (Å²) < 4.78 is 3.55. The normalized spacial score (nSPS) is 9.88. The Kier molecular flexibility index (Phi) is 3.06. The van der Waals surface area contributed by atoms with E-state index in [4.69, 9.17) is 5.11 Å². The van der Waals surface area contributed by atoms with Crippen molar-refractivity contribution < 1.29 is 14.7 Å². The minimum atomic E-state index is -1.08. The van der Waals surface area contributed by atoms with Crippen LogP contribution in [0.4, 0.5) is 5.82 Å². The van der Waals surface area contributed by atoms with Crippen molar-refractivity contribution in [1.29, 1.82) is 0 Å². The number of nitrogens with zero attached hydrogens (tertiary/aromatic N) is 3. The van der Waals surface area contributed by atoms with Crippen molar-refractivity contribution in [2.75, 3.05) is 5.32 Å². The topological polar surface area (TPSA) is 105 Å². The number of amides is 1. The van der Waals surface area contributed by atoms with Crippen molar-refractivity contribution in [3.63, 3.8) is 0 Å². The van der Waals surface area contributed by atoms with Crippen LogP contribution in [-0.2, 0) is 0 Å². The van der Waals surface area contributed by atoms with E-state index in [0.29, 0.717) is 0 Å². The van der Waals surface area contributed by atoms with Gasteiger partial charge in [0, 0.05) is 11.6 Å². The first kappa shape index (κ1) is 11.1. The summed E-state index contributed by atoms with van der Waals surface area (Å²) in [4.78, 5) is 26.1. The van der Waals surface area contributed by atoms with Crippen LogP contribution in [-0.4, -0.2) is 31.6 Å². The molecular formula is C9H6N4O3S. The van der Waals surface area contributed by atoms with Crippen LogP contribution in [0.3, 0.4) is 0 Å². The molecule has 86 valence electrons. The molecule has 8 heteroatoms. The third-order valence-electron chi connectivity index (χ3n) is 1.84. The Hall–Kier alpha value is -2.35. The minimum Gasteiger partial charge on any atom is -0.478 e. The molecule has 0 bridgehead atoms. The SMILES string of the molecule is O=C(O)c1ccnc(NC(=O)c2csnn2)c1. The van der Waals surface area contributed by atoms with Gasteiger partial charge in [-0.2, -0.15) is 0 Å². The smallest absolute Gasteiger partial charge is 0.335 e. The molecule has 0 saturated carbocycles. The number of hydrogen-bond acceptors (Lipinski definition) is 6. The summed E-state index contributed by atoms with van der Waals surface area (Å²) in [5.74, 6) is -1.41. The highest BCUT2D eigenvalue weighted by atomic mass is 32.1. The second kappa shape index (κ2) is 4.66. The number of carbonyl (C=O) groups excluding carboxylic acids is 1. The van der Waals surface area contributed by atoms with Crippen LogP contribution >= 0.6 is 11.5 Å². The monoisotopic (exact) mass is 250 g/mol. The van der Waals surface area contributed by atoms with E-state index in [1.807, 2.05) is 0 Å².